The molecule has 30 heavy (non-hydrogen) atoms. The van der Waals surface area contributed by atoms with Gasteiger partial charge in [0.25, 0.3) is 10.0 Å². The van der Waals surface area contributed by atoms with Crippen molar-refractivity contribution in [2.75, 3.05) is 23.2 Å². The normalized spacial score (nSPS) is 15.0. The van der Waals surface area contributed by atoms with Crippen LogP contribution in [0, 0.1) is 0 Å². The van der Waals surface area contributed by atoms with Gasteiger partial charge >= 0.3 is 0 Å². The van der Waals surface area contributed by atoms with Crippen molar-refractivity contribution < 1.29 is 13.2 Å². The number of carbonyl (C=O) groups is 1. The molecule has 1 aliphatic carbocycles. The van der Waals surface area contributed by atoms with Crippen molar-refractivity contribution in [1.82, 2.24) is 4.90 Å². The Bertz CT molecular complexity index is 955. The highest BCUT2D eigenvalue weighted by Crippen LogP contribution is 2.26. The first-order chi connectivity index (χ1) is 14.3. The topological polar surface area (TPSA) is 69.7 Å². The summed E-state index contributed by atoms with van der Waals surface area (Å²) < 4.78 is 27.3. The van der Waals surface area contributed by atoms with Crippen LogP contribution in [0.2, 0.25) is 0 Å². The Morgan fingerprint density at radius 1 is 1.07 bits per heavy atom. The Kier molecular flexibility index (Phi) is 7.15. The maximum atomic E-state index is 13.0. The lowest BCUT2D eigenvalue weighted by Crippen LogP contribution is -2.43. The SMILES string of the molecule is CC(C)N(CC(=O)Nc1cccc(S(=O)(=O)N(C)c2ccccc2)c1)C1CCCC1. The number of hydrogen-bond donors (Lipinski definition) is 1. The molecular weight excluding hydrogens is 398 g/mol. The van der Waals surface area contributed by atoms with E-state index in [0.29, 0.717) is 24.0 Å². The first kappa shape index (κ1) is 22.3. The minimum Gasteiger partial charge on any atom is -0.325 e. The van der Waals surface area contributed by atoms with Crippen molar-refractivity contribution in [3.63, 3.8) is 0 Å². The van der Waals surface area contributed by atoms with E-state index in [-0.39, 0.29) is 16.8 Å². The minimum absolute atomic E-state index is 0.124. The van der Waals surface area contributed by atoms with E-state index in [9.17, 15) is 13.2 Å². The van der Waals surface area contributed by atoms with Gasteiger partial charge in [0.05, 0.1) is 17.1 Å². The standard InChI is InChI=1S/C23H31N3O3S/c1-18(2)26(21-13-7-8-14-21)17-23(27)24-19-10-9-15-22(16-19)30(28,29)25(3)20-11-5-4-6-12-20/h4-6,9-12,15-16,18,21H,7-8,13-14,17H2,1-3H3,(H,24,27). The Morgan fingerprint density at radius 3 is 2.37 bits per heavy atom. The predicted octanol–water partition coefficient (Wildman–Crippen LogP) is 4.10. The molecule has 162 valence electrons. The van der Waals surface area contributed by atoms with Crippen LogP contribution in [-0.2, 0) is 14.8 Å². The number of carbonyl (C=O) groups excluding carboxylic acids is 1. The second-order valence-electron chi connectivity index (χ2n) is 8.09. The molecule has 0 unspecified atom stereocenters. The molecule has 0 radical (unpaired) electrons. The van der Waals surface area contributed by atoms with Crippen molar-refractivity contribution >= 4 is 27.3 Å². The first-order valence-electron chi connectivity index (χ1n) is 10.5. The molecule has 0 spiro atoms. The van der Waals surface area contributed by atoms with Gasteiger partial charge in [-0.05, 0) is 57.0 Å². The van der Waals surface area contributed by atoms with Crippen LogP contribution >= 0.6 is 0 Å². The zero-order valence-corrected chi connectivity index (χ0v) is 18.7. The molecule has 1 saturated carbocycles. The summed E-state index contributed by atoms with van der Waals surface area (Å²) >= 11 is 0. The number of nitrogens with zero attached hydrogens (tertiary/aromatic N) is 2. The molecule has 0 aliphatic heterocycles. The van der Waals surface area contributed by atoms with Crippen LogP contribution in [0.4, 0.5) is 11.4 Å². The van der Waals surface area contributed by atoms with Crippen LogP contribution in [0.15, 0.2) is 59.5 Å². The second-order valence-corrected chi connectivity index (χ2v) is 10.1. The average molecular weight is 430 g/mol. The van der Waals surface area contributed by atoms with Crippen molar-refractivity contribution in [3.8, 4) is 0 Å². The quantitative estimate of drug-likeness (QED) is 0.686. The Hall–Kier alpha value is -2.38. The van der Waals surface area contributed by atoms with Gasteiger partial charge in [-0.3, -0.25) is 14.0 Å². The Labute approximate surface area is 179 Å². The molecule has 0 heterocycles. The zero-order valence-electron chi connectivity index (χ0n) is 17.9. The molecule has 1 fully saturated rings. The zero-order chi connectivity index (χ0) is 21.7. The highest BCUT2D eigenvalue weighted by Gasteiger charge is 2.26. The van der Waals surface area contributed by atoms with Gasteiger partial charge in [-0.1, -0.05) is 37.1 Å². The highest BCUT2D eigenvalue weighted by atomic mass is 32.2. The van der Waals surface area contributed by atoms with Gasteiger partial charge in [0.15, 0.2) is 0 Å². The molecule has 3 rings (SSSR count). The van der Waals surface area contributed by atoms with Crippen molar-refractivity contribution in [1.29, 1.82) is 0 Å². The largest absolute Gasteiger partial charge is 0.325 e. The molecule has 0 saturated heterocycles. The predicted molar refractivity (Wildman–Crippen MR) is 121 cm³/mol. The highest BCUT2D eigenvalue weighted by molar-refractivity contribution is 7.92. The molecule has 0 bridgehead atoms. The molecule has 1 amide bonds. The van der Waals surface area contributed by atoms with Gasteiger partial charge in [0.2, 0.25) is 5.91 Å². The van der Waals surface area contributed by atoms with Gasteiger partial charge in [0.1, 0.15) is 0 Å². The molecule has 2 aromatic rings. The van der Waals surface area contributed by atoms with E-state index < -0.39 is 10.0 Å². The molecule has 0 aromatic heterocycles. The summed E-state index contributed by atoms with van der Waals surface area (Å²) in [6.07, 6.45) is 4.69. The molecular formula is C23H31N3O3S. The van der Waals surface area contributed by atoms with Crippen LogP contribution in [0.3, 0.4) is 0 Å². The number of amides is 1. The van der Waals surface area contributed by atoms with Crippen LogP contribution in [-0.4, -0.2) is 44.9 Å². The summed E-state index contributed by atoms with van der Waals surface area (Å²) in [5.74, 6) is -0.124. The van der Waals surface area contributed by atoms with Crippen molar-refractivity contribution in [3.05, 3.63) is 54.6 Å². The lowest BCUT2D eigenvalue weighted by molar-refractivity contribution is -0.118. The molecule has 2 aromatic carbocycles. The fourth-order valence-electron chi connectivity index (χ4n) is 4.00. The van der Waals surface area contributed by atoms with E-state index in [2.05, 4.69) is 24.1 Å². The van der Waals surface area contributed by atoms with Gasteiger partial charge in [-0.2, -0.15) is 0 Å². The monoisotopic (exact) mass is 429 g/mol. The summed E-state index contributed by atoms with van der Waals surface area (Å²) in [5.41, 5.74) is 1.06. The Balaban J connectivity index is 1.72. The van der Waals surface area contributed by atoms with Gasteiger partial charge in [-0.15, -0.1) is 0 Å². The lowest BCUT2D eigenvalue weighted by atomic mass is 10.1. The number of rotatable bonds is 8. The number of sulfonamides is 1. The van der Waals surface area contributed by atoms with E-state index in [1.54, 1.807) is 42.5 Å². The maximum Gasteiger partial charge on any atom is 0.264 e. The number of benzene rings is 2. The number of hydrogen-bond acceptors (Lipinski definition) is 4. The van der Waals surface area contributed by atoms with Gasteiger partial charge in [0, 0.05) is 24.8 Å². The molecule has 6 nitrogen and oxygen atoms in total. The van der Waals surface area contributed by atoms with E-state index in [1.807, 2.05) is 6.07 Å². The van der Waals surface area contributed by atoms with Crippen LogP contribution in [0.25, 0.3) is 0 Å². The van der Waals surface area contributed by atoms with Gasteiger partial charge in [-0.25, -0.2) is 8.42 Å². The number of para-hydroxylation sites is 1. The lowest BCUT2D eigenvalue weighted by Gasteiger charge is -2.31. The van der Waals surface area contributed by atoms with Crippen LogP contribution in [0.5, 0.6) is 0 Å². The second kappa shape index (κ2) is 9.62. The van der Waals surface area contributed by atoms with Crippen molar-refractivity contribution in [2.24, 2.45) is 0 Å². The number of nitrogens with one attached hydrogen (secondary N) is 1. The third-order valence-electron chi connectivity index (χ3n) is 5.68. The maximum absolute atomic E-state index is 13.0. The molecule has 7 heteroatoms. The average Bonchev–Trinajstić information content (AvgIpc) is 3.26. The van der Waals surface area contributed by atoms with E-state index >= 15 is 0 Å². The summed E-state index contributed by atoms with van der Waals surface area (Å²) in [4.78, 5) is 15.1. The number of anilines is 2. The smallest absolute Gasteiger partial charge is 0.264 e. The summed E-state index contributed by atoms with van der Waals surface area (Å²) in [6, 6.07) is 16.1. The van der Waals surface area contributed by atoms with E-state index in [0.717, 1.165) is 12.8 Å². The van der Waals surface area contributed by atoms with Crippen LogP contribution < -0.4 is 9.62 Å². The third kappa shape index (κ3) is 5.21. The van der Waals surface area contributed by atoms with E-state index in [1.165, 1.54) is 30.3 Å². The van der Waals surface area contributed by atoms with E-state index in [4.69, 9.17) is 0 Å². The molecule has 1 N–H and O–H groups in total. The Morgan fingerprint density at radius 2 is 1.73 bits per heavy atom. The fourth-order valence-corrected chi connectivity index (χ4v) is 5.25. The third-order valence-corrected chi connectivity index (χ3v) is 7.46. The van der Waals surface area contributed by atoms with Crippen molar-refractivity contribution in [2.45, 2.75) is 56.5 Å². The first-order valence-corrected chi connectivity index (χ1v) is 11.9. The van der Waals surface area contributed by atoms with Gasteiger partial charge < -0.3 is 5.32 Å². The fraction of sp³-hybridized carbons (Fsp3) is 0.435. The molecule has 1 aliphatic rings. The molecule has 0 atom stereocenters. The summed E-state index contributed by atoms with van der Waals surface area (Å²) in [5, 5.41) is 2.88. The summed E-state index contributed by atoms with van der Waals surface area (Å²) in [7, 11) is -2.20. The van der Waals surface area contributed by atoms with Crippen LogP contribution in [0.1, 0.15) is 39.5 Å². The summed E-state index contributed by atoms with van der Waals surface area (Å²) in [6.45, 7) is 4.53. The minimum atomic E-state index is -3.73.